The second-order valence-electron chi connectivity index (χ2n) is 3.13. The van der Waals surface area contributed by atoms with Crippen LogP contribution in [0.5, 0.6) is 0 Å². The first-order chi connectivity index (χ1) is 5.50. The number of hydrogen-bond donors (Lipinski definition) is 1. The Morgan fingerprint density at radius 1 is 0.727 bits per heavy atom. The largest absolute Gasteiger partial charge is 0.381 e. The molecule has 0 aromatic rings. The average molecular weight is 157 g/mol. The molecule has 0 unspecified atom stereocenters. The summed E-state index contributed by atoms with van der Waals surface area (Å²) in [7, 11) is 0. The van der Waals surface area contributed by atoms with Gasteiger partial charge in [-0.2, -0.15) is 0 Å². The van der Waals surface area contributed by atoms with Crippen LogP contribution in [0.25, 0.3) is 0 Å². The summed E-state index contributed by atoms with van der Waals surface area (Å²) >= 11 is 0. The Morgan fingerprint density at radius 2 is 1.36 bits per heavy atom. The first-order valence-electron chi connectivity index (χ1n) is 4.78. The van der Waals surface area contributed by atoms with Crippen LogP contribution in [-0.2, 0) is 4.74 Å². The van der Waals surface area contributed by atoms with Crippen molar-refractivity contribution in [3.05, 3.63) is 0 Å². The van der Waals surface area contributed by atoms with Gasteiger partial charge in [0, 0.05) is 13.2 Å². The monoisotopic (exact) mass is 157 g/mol. The Labute approximate surface area is 69.3 Å². The average Bonchev–Trinajstić information content (AvgIpc) is 2.64. The molecule has 0 bridgehead atoms. The van der Waals surface area contributed by atoms with Gasteiger partial charge in [0.15, 0.2) is 0 Å². The van der Waals surface area contributed by atoms with Crippen molar-refractivity contribution in [3.8, 4) is 0 Å². The highest BCUT2D eigenvalue weighted by molar-refractivity contribution is 4.55. The molecule has 0 amide bonds. The summed E-state index contributed by atoms with van der Waals surface area (Å²) in [5.74, 6) is 0. The van der Waals surface area contributed by atoms with Crippen molar-refractivity contribution in [2.24, 2.45) is 0 Å². The lowest BCUT2D eigenvalue weighted by atomic mass is 10.2. The minimum Gasteiger partial charge on any atom is -0.381 e. The Morgan fingerprint density at radius 3 is 1.55 bits per heavy atom. The molecule has 0 aromatic heterocycles. The van der Waals surface area contributed by atoms with Gasteiger partial charge in [0.2, 0.25) is 0 Å². The van der Waals surface area contributed by atoms with E-state index in [9.17, 15) is 0 Å². The quantitative estimate of drug-likeness (QED) is 0.576. The maximum Gasteiger partial charge on any atom is 0.0466 e. The van der Waals surface area contributed by atoms with E-state index in [1.165, 1.54) is 45.2 Å². The van der Waals surface area contributed by atoms with E-state index >= 15 is 0 Å². The lowest BCUT2D eigenvalue weighted by molar-refractivity contribution is 0.0968. The third kappa shape index (κ3) is 5.22. The van der Waals surface area contributed by atoms with Crippen molar-refractivity contribution in [2.75, 3.05) is 26.3 Å². The molecule has 2 aliphatic rings. The number of nitrogens with one attached hydrogen (secondary N) is 1. The van der Waals surface area contributed by atoms with Crippen LogP contribution in [0, 0.1) is 0 Å². The first kappa shape index (κ1) is 9.01. The van der Waals surface area contributed by atoms with Gasteiger partial charge in [-0.05, 0) is 45.2 Å². The lowest BCUT2D eigenvalue weighted by Gasteiger charge is -2.08. The van der Waals surface area contributed by atoms with Crippen LogP contribution in [0.15, 0.2) is 0 Å². The molecule has 2 nitrogen and oxygen atoms in total. The van der Waals surface area contributed by atoms with Crippen molar-refractivity contribution in [2.45, 2.75) is 32.1 Å². The topological polar surface area (TPSA) is 21.3 Å². The van der Waals surface area contributed by atoms with Gasteiger partial charge in [0.05, 0.1) is 0 Å². The van der Waals surface area contributed by atoms with Gasteiger partial charge in [0.25, 0.3) is 0 Å². The van der Waals surface area contributed by atoms with E-state index in [1.54, 1.807) is 0 Å². The second-order valence-corrected chi connectivity index (χ2v) is 3.13. The Hall–Kier alpha value is -0.0800. The molecule has 0 aromatic carbocycles. The summed E-state index contributed by atoms with van der Waals surface area (Å²) in [6.45, 7) is 4.50. The molecule has 2 heteroatoms. The molecule has 2 rings (SSSR count). The molecule has 2 fully saturated rings. The highest BCUT2D eigenvalue weighted by Gasteiger charge is 1.95. The van der Waals surface area contributed by atoms with E-state index in [4.69, 9.17) is 4.74 Å². The molecule has 0 saturated carbocycles. The molecule has 0 spiro atoms. The fourth-order valence-corrected chi connectivity index (χ4v) is 1.31. The van der Waals surface area contributed by atoms with Crippen LogP contribution < -0.4 is 5.32 Å². The van der Waals surface area contributed by atoms with Crippen molar-refractivity contribution in [1.29, 1.82) is 0 Å². The van der Waals surface area contributed by atoms with Crippen molar-refractivity contribution >= 4 is 0 Å². The summed E-state index contributed by atoms with van der Waals surface area (Å²) in [6, 6.07) is 0. The molecule has 66 valence electrons. The van der Waals surface area contributed by atoms with Crippen LogP contribution in [0.1, 0.15) is 32.1 Å². The molecule has 0 aliphatic carbocycles. The molecule has 2 saturated heterocycles. The van der Waals surface area contributed by atoms with Crippen LogP contribution in [0.3, 0.4) is 0 Å². The van der Waals surface area contributed by atoms with Crippen molar-refractivity contribution in [1.82, 2.24) is 5.32 Å². The molecule has 2 aliphatic heterocycles. The standard InChI is InChI=1S/C5H10O.C4H9N/c1-2-4-6-5-3-1;1-2-4-5-3-1/h1-5H2;5H,1-4H2. The minimum atomic E-state index is 1.00. The van der Waals surface area contributed by atoms with E-state index in [1.807, 2.05) is 0 Å². The molecule has 2 heterocycles. The fraction of sp³-hybridized carbons (Fsp3) is 1.00. The first-order valence-corrected chi connectivity index (χ1v) is 4.78. The SMILES string of the molecule is C1CCNC1.C1CCOCC1. The normalized spacial score (nSPS) is 24.0. The smallest absolute Gasteiger partial charge is 0.0466 e. The van der Waals surface area contributed by atoms with Gasteiger partial charge in [0.1, 0.15) is 0 Å². The van der Waals surface area contributed by atoms with Gasteiger partial charge in [-0.15, -0.1) is 0 Å². The van der Waals surface area contributed by atoms with E-state index in [0.29, 0.717) is 0 Å². The lowest BCUT2D eigenvalue weighted by Crippen LogP contribution is -2.03. The zero-order valence-corrected chi connectivity index (χ0v) is 7.27. The van der Waals surface area contributed by atoms with Gasteiger partial charge < -0.3 is 10.1 Å². The Bertz CT molecular complexity index is 58.5. The minimum absolute atomic E-state index is 1.00. The summed E-state index contributed by atoms with van der Waals surface area (Å²) in [4.78, 5) is 0. The Kier molecular flexibility index (Phi) is 5.42. The molecule has 0 radical (unpaired) electrons. The van der Waals surface area contributed by atoms with E-state index in [2.05, 4.69) is 5.32 Å². The second kappa shape index (κ2) is 6.62. The van der Waals surface area contributed by atoms with Crippen LogP contribution in [0.4, 0.5) is 0 Å². The number of rotatable bonds is 0. The number of hydrogen-bond acceptors (Lipinski definition) is 2. The van der Waals surface area contributed by atoms with Gasteiger partial charge in [-0.25, -0.2) is 0 Å². The maximum absolute atomic E-state index is 5.07. The predicted octanol–water partition coefficient (Wildman–Crippen LogP) is 1.56. The Balaban J connectivity index is 0.000000112. The molecule has 11 heavy (non-hydrogen) atoms. The van der Waals surface area contributed by atoms with Gasteiger partial charge >= 0.3 is 0 Å². The zero-order valence-electron chi connectivity index (χ0n) is 7.27. The summed E-state index contributed by atoms with van der Waals surface area (Å²) in [5, 5.41) is 3.22. The molecular formula is C9H19NO. The summed E-state index contributed by atoms with van der Waals surface area (Å²) in [5.41, 5.74) is 0. The molecule has 1 N–H and O–H groups in total. The van der Waals surface area contributed by atoms with Gasteiger partial charge in [-0.3, -0.25) is 0 Å². The van der Waals surface area contributed by atoms with Crippen LogP contribution >= 0.6 is 0 Å². The summed E-state index contributed by atoms with van der Waals surface area (Å²) < 4.78 is 5.07. The number of ether oxygens (including phenoxy) is 1. The predicted molar refractivity (Wildman–Crippen MR) is 46.8 cm³/mol. The van der Waals surface area contributed by atoms with E-state index < -0.39 is 0 Å². The highest BCUT2D eigenvalue weighted by atomic mass is 16.5. The van der Waals surface area contributed by atoms with Gasteiger partial charge in [-0.1, -0.05) is 0 Å². The summed E-state index contributed by atoms with van der Waals surface area (Å²) in [6.07, 6.45) is 6.71. The van der Waals surface area contributed by atoms with Crippen molar-refractivity contribution < 1.29 is 4.74 Å². The van der Waals surface area contributed by atoms with Crippen LogP contribution in [0.2, 0.25) is 0 Å². The van der Waals surface area contributed by atoms with Crippen molar-refractivity contribution in [3.63, 3.8) is 0 Å². The van der Waals surface area contributed by atoms with E-state index in [-0.39, 0.29) is 0 Å². The fourth-order valence-electron chi connectivity index (χ4n) is 1.31. The third-order valence-electron chi connectivity index (χ3n) is 2.03. The zero-order chi connectivity index (χ0) is 7.78. The molecule has 0 atom stereocenters. The maximum atomic E-state index is 5.07. The molecular weight excluding hydrogens is 138 g/mol. The van der Waals surface area contributed by atoms with Crippen LogP contribution in [-0.4, -0.2) is 26.3 Å². The van der Waals surface area contributed by atoms with E-state index in [0.717, 1.165) is 13.2 Å². The highest BCUT2D eigenvalue weighted by Crippen LogP contribution is 2.02. The third-order valence-corrected chi connectivity index (χ3v) is 2.03.